The summed E-state index contributed by atoms with van der Waals surface area (Å²) in [7, 11) is 0. The first-order valence-corrected chi connectivity index (χ1v) is 17.1. The molecule has 0 N–H and O–H groups in total. The summed E-state index contributed by atoms with van der Waals surface area (Å²) in [5.41, 5.74) is 13.9. The second-order valence-electron chi connectivity index (χ2n) is 13.8. The molecule has 0 bridgehead atoms. The summed E-state index contributed by atoms with van der Waals surface area (Å²) < 4.78 is 0. The van der Waals surface area contributed by atoms with E-state index in [1.165, 1.54) is 82.4 Å². The van der Waals surface area contributed by atoms with E-state index in [1.54, 1.807) is 0 Å². The fourth-order valence-corrected chi connectivity index (χ4v) is 8.04. The van der Waals surface area contributed by atoms with Crippen molar-refractivity contribution in [3.8, 4) is 33.4 Å². The van der Waals surface area contributed by atoms with Crippen molar-refractivity contribution in [3.63, 3.8) is 0 Å². The second-order valence-corrected chi connectivity index (χ2v) is 13.8. The van der Waals surface area contributed by atoms with Crippen molar-refractivity contribution in [2.24, 2.45) is 0 Å². The summed E-state index contributed by atoms with van der Waals surface area (Å²) in [6.45, 7) is 8.83. The Morgan fingerprint density at radius 3 is 1.94 bits per heavy atom. The Balaban J connectivity index is 1.04. The van der Waals surface area contributed by atoms with Crippen molar-refractivity contribution in [1.29, 1.82) is 0 Å². The molecule has 0 amide bonds. The fourth-order valence-electron chi connectivity index (χ4n) is 8.04. The lowest BCUT2D eigenvalue weighted by Crippen LogP contribution is -2.14. The molecule has 49 heavy (non-hydrogen) atoms. The van der Waals surface area contributed by atoms with Crippen LogP contribution >= 0.6 is 0 Å². The zero-order chi connectivity index (χ0) is 33.1. The van der Waals surface area contributed by atoms with E-state index in [0.29, 0.717) is 0 Å². The summed E-state index contributed by atoms with van der Waals surface area (Å²) in [6.07, 6.45) is 6.41. The van der Waals surface area contributed by atoms with E-state index in [0.717, 1.165) is 11.1 Å². The normalized spacial score (nSPS) is 13.3. The van der Waals surface area contributed by atoms with Gasteiger partial charge in [0.2, 0.25) is 0 Å². The lowest BCUT2D eigenvalue weighted by atomic mass is 9.82. The quantitative estimate of drug-likeness (QED) is 0.132. The molecular formula is C49H36. The van der Waals surface area contributed by atoms with Gasteiger partial charge in [-0.2, -0.15) is 0 Å². The van der Waals surface area contributed by atoms with E-state index < -0.39 is 0 Å². The molecule has 8 aromatic rings. The van der Waals surface area contributed by atoms with E-state index in [4.69, 9.17) is 0 Å². The predicted molar refractivity (Wildman–Crippen MR) is 213 cm³/mol. The largest absolute Gasteiger partial charge is 0.0984 e. The first-order valence-electron chi connectivity index (χ1n) is 17.1. The molecule has 0 fully saturated rings. The first-order chi connectivity index (χ1) is 24.0. The standard InChI is InChI=1S/C49H36/c1-4-33-30-38(25-22-34(33)19-17-32-18-27-44-43-15-9-10-16-47(43)49(2,3)48(44)29-32)35-20-23-37(24-21-35)45-31-46-39-12-6-5-11-36(39)26-28-42(46)40-13-7-8-14-41(40)45/h4-31H,1H2,2-3H3/b19-17+. The van der Waals surface area contributed by atoms with E-state index in [9.17, 15) is 0 Å². The summed E-state index contributed by atoms with van der Waals surface area (Å²) in [6, 6.07) is 55.8. The third-order valence-electron chi connectivity index (χ3n) is 10.7. The van der Waals surface area contributed by atoms with Gasteiger partial charge in [-0.25, -0.2) is 0 Å². The minimum absolute atomic E-state index is 0.00493. The van der Waals surface area contributed by atoms with Crippen LogP contribution in [0.2, 0.25) is 0 Å². The maximum atomic E-state index is 4.17. The van der Waals surface area contributed by atoms with Gasteiger partial charge >= 0.3 is 0 Å². The number of fused-ring (bicyclic) bond motifs is 8. The molecule has 0 radical (unpaired) electrons. The molecule has 0 saturated heterocycles. The third kappa shape index (κ3) is 4.75. The maximum Gasteiger partial charge on any atom is 0.0159 e. The summed E-state index contributed by atoms with van der Waals surface area (Å²) in [5.74, 6) is 0. The SMILES string of the molecule is C=Cc1cc(-c2ccc(-c3cc4c5ccccc5ccc4c4ccccc34)cc2)ccc1/C=C/c1ccc2c(c1)C(C)(C)c1ccccc1-2. The molecule has 8 aromatic carbocycles. The van der Waals surface area contributed by atoms with Gasteiger partial charge < -0.3 is 0 Å². The van der Waals surface area contributed by atoms with Crippen molar-refractivity contribution in [3.05, 3.63) is 186 Å². The van der Waals surface area contributed by atoms with Gasteiger partial charge in [-0.1, -0.05) is 178 Å². The van der Waals surface area contributed by atoms with Gasteiger partial charge in [-0.15, -0.1) is 0 Å². The van der Waals surface area contributed by atoms with Crippen molar-refractivity contribution < 1.29 is 0 Å². The minimum Gasteiger partial charge on any atom is -0.0984 e. The smallest absolute Gasteiger partial charge is 0.0159 e. The molecule has 0 atom stereocenters. The zero-order valence-corrected chi connectivity index (χ0v) is 27.9. The molecule has 0 aliphatic heterocycles. The molecular weight excluding hydrogens is 589 g/mol. The lowest BCUT2D eigenvalue weighted by Gasteiger charge is -2.21. The summed E-state index contributed by atoms with van der Waals surface area (Å²) in [4.78, 5) is 0. The molecule has 232 valence electrons. The Hall–Kier alpha value is -5.98. The Morgan fingerprint density at radius 1 is 0.429 bits per heavy atom. The van der Waals surface area contributed by atoms with Gasteiger partial charge in [0.05, 0.1) is 0 Å². The molecule has 0 nitrogen and oxygen atoms in total. The van der Waals surface area contributed by atoms with Crippen LogP contribution in [0.5, 0.6) is 0 Å². The van der Waals surface area contributed by atoms with Crippen LogP contribution in [0.3, 0.4) is 0 Å². The van der Waals surface area contributed by atoms with Crippen LogP contribution < -0.4 is 0 Å². The number of rotatable bonds is 5. The highest BCUT2D eigenvalue weighted by atomic mass is 14.4. The van der Waals surface area contributed by atoms with Crippen molar-refractivity contribution in [2.75, 3.05) is 0 Å². The van der Waals surface area contributed by atoms with E-state index >= 15 is 0 Å². The van der Waals surface area contributed by atoms with Gasteiger partial charge in [0.25, 0.3) is 0 Å². The van der Waals surface area contributed by atoms with E-state index in [2.05, 4.69) is 184 Å². The Bertz CT molecular complexity index is 2630. The van der Waals surface area contributed by atoms with Crippen molar-refractivity contribution in [2.45, 2.75) is 19.3 Å². The third-order valence-corrected chi connectivity index (χ3v) is 10.7. The molecule has 0 unspecified atom stereocenters. The van der Waals surface area contributed by atoms with Crippen molar-refractivity contribution >= 4 is 50.5 Å². The molecule has 0 saturated carbocycles. The molecule has 0 heteroatoms. The number of benzene rings is 8. The average molecular weight is 625 g/mol. The highest BCUT2D eigenvalue weighted by Crippen LogP contribution is 2.48. The van der Waals surface area contributed by atoms with Gasteiger partial charge in [0.15, 0.2) is 0 Å². The van der Waals surface area contributed by atoms with Gasteiger partial charge in [-0.05, 0) is 106 Å². The highest BCUT2D eigenvalue weighted by Gasteiger charge is 2.34. The molecule has 0 heterocycles. The number of hydrogen-bond acceptors (Lipinski definition) is 0. The summed E-state index contributed by atoms with van der Waals surface area (Å²) >= 11 is 0. The van der Waals surface area contributed by atoms with Crippen LogP contribution in [-0.2, 0) is 5.41 Å². The maximum absolute atomic E-state index is 4.17. The number of hydrogen-bond donors (Lipinski definition) is 0. The van der Waals surface area contributed by atoms with Crippen LogP contribution in [-0.4, -0.2) is 0 Å². The van der Waals surface area contributed by atoms with E-state index in [-0.39, 0.29) is 5.41 Å². The Labute approximate surface area is 288 Å². The zero-order valence-electron chi connectivity index (χ0n) is 27.9. The average Bonchev–Trinajstić information content (AvgIpc) is 3.39. The first kappa shape index (κ1) is 29.2. The second kappa shape index (κ2) is 11.3. The lowest BCUT2D eigenvalue weighted by molar-refractivity contribution is 0.660. The molecule has 1 aliphatic carbocycles. The highest BCUT2D eigenvalue weighted by molar-refractivity contribution is 6.21. The Kier molecular flexibility index (Phi) is 6.74. The molecule has 0 spiro atoms. The van der Waals surface area contributed by atoms with Crippen LogP contribution in [0.1, 0.15) is 41.7 Å². The predicted octanol–water partition coefficient (Wildman–Crippen LogP) is 13.6. The monoisotopic (exact) mass is 624 g/mol. The van der Waals surface area contributed by atoms with E-state index in [1.807, 2.05) is 6.08 Å². The van der Waals surface area contributed by atoms with Gasteiger partial charge in [0.1, 0.15) is 0 Å². The van der Waals surface area contributed by atoms with Crippen LogP contribution in [0.15, 0.2) is 158 Å². The molecule has 0 aromatic heterocycles. The Morgan fingerprint density at radius 2 is 1.10 bits per heavy atom. The molecule has 9 rings (SSSR count). The molecule has 1 aliphatic rings. The minimum atomic E-state index is -0.00493. The van der Waals surface area contributed by atoms with Crippen molar-refractivity contribution in [1.82, 2.24) is 0 Å². The fraction of sp³-hybridized carbons (Fsp3) is 0.0612. The van der Waals surface area contributed by atoms with Crippen LogP contribution in [0, 0.1) is 0 Å². The topological polar surface area (TPSA) is 0 Å². The van der Waals surface area contributed by atoms with Gasteiger partial charge in [0, 0.05) is 5.41 Å². The van der Waals surface area contributed by atoms with Crippen LogP contribution in [0.25, 0.3) is 83.9 Å². The summed E-state index contributed by atoms with van der Waals surface area (Å²) in [5, 5.41) is 7.72. The van der Waals surface area contributed by atoms with Gasteiger partial charge in [-0.3, -0.25) is 0 Å². The van der Waals surface area contributed by atoms with Crippen LogP contribution in [0.4, 0.5) is 0 Å².